The Morgan fingerprint density at radius 3 is 2.37 bits per heavy atom. The number of hydrogen-bond acceptors (Lipinski definition) is 3. The van der Waals surface area contributed by atoms with Gasteiger partial charge in [-0.1, -0.05) is 13.8 Å². The normalized spacial score (nSPS) is 13.8. The fourth-order valence-electron chi connectivity index (χ4n) is 2.16. The Kier molecular flexibility index (Phi) is 5.37. The van der Waals surface area contributed by atoms with Gasteiger partial charge in [0.2, 0.25) is 0 Å². The molecule has 19 heavy (non-hydrogen) atoms. The van der Waals surface area contributed by atoms with Gasteiger partial charge >= 0.3 is 6.36 Å². The molecule has 0 radical (unpaired) electrons. The van der Waals surface area contributed by atoms with Gasteiger partial charge in [0.1, 0.15) is 0 Å². The van der Waals surface area contributed by atoms with E-state index in [9.17, 15) is 13.2 Å². The van der Waals surface area contributed by atoms with Crippen molar-refractivity contribution < 1.29 is 17.9 Å². The molecule has 1 atom stereocenters. The van der Waals surface area contributed by atoms with Crippen molar-refractivity contribution in [3.8, 4) is 0 Å². The van der Waals surface area contributed by atoms with E-state index in [1.54, 1.807) is 4.68 Å². The van der Waals surface area contributed by atoms with E-state index in [1.807, 2.05) is 20.8 Å². The molecule has 110 valence electrons. The van der Waals surface area contributed by atoms with Crippen LogP contribution in [-0.4, -0.2) is 22.7 Å². The average Bonchev–Trinajstić information content (AvgIpc) is 2.65. The van der Waals surface area contributed by atoms with Crippen LogP contribution in [0.5, 0.6) is 0 Å². The first-order valence-corrected chi connectivity index (χ1v) is 6.34. The summed E-state index contributed by atoms with van der Waals surface area (Å²) >= 11 is 0. The second kappa shape index (κ2) is 6.38. The van der Waals surface area contributed by atoms with Crippen LogP contribution in [0.3, 0.4) is 0 Å². The van der Waals surface area contributed by atoms with Gasteiger partial charge in [-0.2, -0.15) is 5.10 Å². The van der Waals surface area contributed by atoms with Crippen LogP contribution in [-0.2, 0) is 24.1 Å². The van der Waals surface area contributed by atoms with E-state index in [-0.39, 0.29) is 12.6 Å². The number of rotatable bonds is 6. The van der Waals surface area contributed by atoms with Gasteiger partial charge in [0.15, 0.2) is 0 Å². The molecule has 1 aromatic rings. The Labute approximate surface area is 110 Å². The second-order valence-corrected chi connectivity index (χ2v) is 4.32. The van der Waals surface area contributed by atoms with Crippen molar-refractivity contribution in [2.24, 2.45) is 5.73 Å². The Morgan fingerprint density at radius 2 is 1.95 bits per heavy atom. The molecule has 0 bridgehead atoms. The summed E-state index contributed by atoms with van der Waals surface area (Å²) in [6.07, 6.45) is -3.22. The van der Waals surface area contributed by atoms with E-state index in [1.165, 1.54) is 0 Å². The van der Waals surface area contributed by atoms with Crippen LogP contribution in [0.15, 0.2) is 0 Å². The first kappa shape index (κ1) is 16.0. The molecule has 1 rings (SSSR count). The predicted molar refractivity (Wildman–Crippen MR) is 65.6 cm³/mol. The number of aryl methyl sites for hydroxylation is 1. The largest absolute Gasteiger partial charge is 0.522 e. The summed E-state index contributed by atoms with van der Waals surface area (Å²) in [5.74, 6) is 0. The summed E-state index contributed by atoms with van der Waals surface area (Å²) in [6.45, 7) is 5.36. The number of hydrogen-bond donors (Lipinski definition) is 1. The first-order chi connectivity index (χ1) is 8.80. The number of ether oxygens (including phenoxy) is 1. The van der Waals surface area contributed by atoms with E-state index in [4.69, 9.17) is 5.73 Å². The maximum absolute atomic E-state index is 11.9. The zero-order chi connectivity index (χ0) is 14.6. The maximum atomic E-state index is 11.9. The molecule has 1 heterocycles. The van der Waals surface area contributed by atoms with Crippen molar-refractivity contribution in [2.75, 3.05) is 6.61 Å². The predicted octanol–water partition coefficient (Wildman–Crippen LogP) is 2.56. The van der Waals surface area contributed by atoms with Crippen LogP contribution in [0, 0.1) is 0 Å². The van der Waals surface area contributed by atoms with Gasteiger partial charge in [-0.05, 0) is 19.8 Å². The molecule has 0 fully saturated rings. The Bertz CT molecular complexity index is 413. The lowest BCUT2D eigenvalue weighted by Crippen LogP contribution is -2.19. The molecule has 0 spiro atoms. The van der Waals surface area contributed by atoms with Crippen molar-refractivity contribution in [2.45, 2.75) is 52.6 Å². The lowest BCUT2D eigenvalue weighted by Gasteiger charge is -2.11. The SMILES string of the molecule is CCc1nn(CCOC(F)(F)F)c(CC)c1C(C)N. The topological polar surface area (TPSA) is 53.1 Å². The molecule has 0 aromatic carbocycles. The molecule has 0 aliphatic heterocycles. The molecule has 0 saturated carbocycles. The molecular weight excluding hydrogens is 259 g/mol. The molecular formula is C12H20F3N3O. The molecule has 1 unspecified atom stereocenters. The van der Waals surface area contributed by atoms with Crippen molar-refractivity contribution in [3.63, 3.8) is 0 Å². The second-order valence-electron chi connectivity index (χ2n) is 4.32. The van der Waals surface area contributed by atoms with Crippen molar-refractivity contribution in [3.05, 3.63) is 17.0 Å². The molecule has 0 aliphatic rings. The standard InChI is InChI=1S/C12H20F3N3O/c1-4-9-11(8(3)16)10(5-2)18(17-9)6-7-19-12(13,14)15/h8H,4-7,16H2,1-3H3. The monoisotopic (exact) mass is 279 g/mol. The summed E-state index contributed by atoms with van der Waals surface area (Å²) in [7, 11) is 0. The summed E-state index contributed by atoms with van der Waals surface area (Å²) in [5.41, 5.74) is 8.59. The van der Waals surface area contributed by atoms with Crippen LogP contribution in [0.4, 0.5) is 13.2 Å². The molecule has 2 N–H and O–H groups in total. The highest BCUT2D eigenvalue weighted by Gasteiger charge is 2.29. The molecule has 0 aliphatic carbocycles. The van der Waals surface area contributed by atoms with E-state index in [2.05, 4.69) is 9.84 Å². The van der Waals surface area contributed by atoms with Gasteiger partial charge in [-0.15, -0.1) is 13.2 Å². The number of nitrogens with zero attached hydrogens (tertiary/aromatic N) is 2. The molecule has 7 heteroatoms. The van der Waals surface area contributed by atoms with Gasteiger partial charge in [-0.25, -0.2) is 0 Å². The Hall–Kier alpha value is -1.08. The lowest BCUT2D eigenvalue weighted by atomic mass is 10.0. The number of nitrogens with two attached hydrogens (primary N) is 1. The quantitative estimate of drug-likeness (QED) is 0.870. The van der Waals surface area contributed by atoms with Crippen LogP contribution < -0.4 is 5.73 Å². The smallest absolute Gasteiger partial charge is 0.324 e. The summed E-state index contributed by atoms with van der Waals surface area (Å²) in [6, 6.07) is -0.179. The molecule has 0 amide bonds. The van der Waals surface area contributed by atoms with Crippen LogP contribution >= 0.6 is 0 Å². The third-order valence-electron chi connectivity index (χ3n) is 2.87. The van der Waals surface area contributed by atoms with Crippen molar-refractivity contribution >= 4 is 0 Å². The third kappa shape index (κ3) is 4.21. The van der Waals surface area contributed by atoms with E-state index >= 15 is 0 Å². The lowest BCUT2D eigenvalue weighted by molar-refractivity contribution is -0.325. The highest BCUT2D eigenvalue weighted by atomic mass is 19.4. The van der Waals surface area contributed by atoms with Gasteiger partial charge < -0.3 is 5.73 Å². The first-order valence-electron chi connectivity index (χ1n) is 6.34. The van der Waals surface area contributed by atoms with Crippen LogP contribution in [0.1, 0.15) is 43.8 Å². The highest BCUT2D eigenvalue weighted by Crippen LogP contribution is 2.22. The number of alkyl halides is 3. The highest BCUT2D eigenvalue weighted by molar-refractivity contribution is 5.29. The molecule has 0 saturated heterocycles. The van der Waals surface area contributed by atoms with E-state index in [0.717, 1.165) is 17.0 Å². The minimum absolute atomic E-state index is 0.0718. The van der Waals surface area contributed by atoms with Gasteiger partial charge in [0.25, 0.3) is 0 Å². The molecule has 1 aromatic heterocycles. The average molecular weight is 279 g/mol. The van der Waals surface area contributed by atoms with Crippen molar-refractivity contribution in [1.29, 1.82) is 0 Å². The van der Waals surface area contributed by atoms with Crippen molar-refractivity contribution in [1.82, 2.24) is 9.78 Å². The molecule has 4 nitrogen and oxygen atoms in total. The van der Waals surface area contributed by atoms with Gasteiger partial charge in [-0.3, -0.25) is 9.42 Å². The maximum Gasteiger partial charge on any atom is 0.522 e. The number of aromatic nitrogens is 2. The minimum Gasteiger partial charge on any atom is -0.324 e. The summed E-state index contributed by atoms with van der Waals surface area (Å²) in [4.78, 5) is 0. The zero-order valence-corrected chi connectivity index (χ0v) is 11.4. The minimum atomic E-state index is -4.60. The van der Waals surface area contributed by atoms with Crippen LogP contribution in [0.25, 0.3) is 0 Å². The van der Waals surface area contributed by atoms with Gasteiger partial charge in [0, 0.05) is 17.3 Å². The fraction of sp³-hybridized carbons (Fsp3) is 0.750. The zero-order valence-electron chi connectivity index (χ0n) is 11.4. The Balaban J connectivity index is 2.89. The third-order valence-corrected chi connectivity index (χ3v) is 2.87. The van der Waals surface area contributed by atoms with Gasteiger partial charge in [0.05, 0.1) is 18.8 Å². The van der Waals surface area contributed by atoms with E-state index in [0.29, 0.717) is 12.8 Å². The van der Waals surface area contributed by atoms with E-state index < -0.39 is 13.0 Å². The summed E-state index contributed by atoms with van der Waals surface area (Å²) in [5, 5.41) is 4.33. The summed E-state index contributed by atoms with van der Waals surface area (Å²) < 4.78 is 41.2. The number of halogens is 3. The van der Waals surface area contributed by atoms with Crippen LogP contribution in [0.2, 0.25) is 0 Å². The Morgan fingerprint density at radius 1 is 1.32 bits per heavy atom. The fourth-order valence-corrected chi connectivity index (χ4v) is 2.16.